The number of esters is 1. The largest absolute Gasteiger partial charge is 0.493 e. The molecular weight excluding hydrogens is 348 g/mol. The molecule has 140 valence electrons. The summed E-state index contributed by atoms with van der Waals surface area (Å²) in [5, 5.41) is 5.64. The lowest BCUT2D eigenvalue weighted by Gasteiger charge is -2.12. The third-order valence-electron chi connectivity index (χ3n) is 3.97. The zero-order valence-corrected chi connectivity index (χ0v) is 15.0. The molecular formula is C20H20N2O5. The van der Waals surface area contributed by atoms with Crippen LogP contribution in [0.1, 0.15) is 12.0 Å². The standard InChI is InChI=1S/C20H20N2O5/c1-25-17-9-5-6-10-18(17)26-14-20(24)27-13-19(23)22-12-11-16(21-22)15-7-3-2-4-8-15/h2-10H,11-14H2,1H3. The molecule has 3 rings (SSSR count). The maximum Gasteiger partial charge on any atom is 0.344 e. The van der Waals surface area contributed by atoms with Gasteiger partial charge in [-0.2, -0.15) is 5.10 Å². The minimum absolute atomic E-state index is 0.313. The maximum atomic E-state index is 12.2. The fourth-order valence-electron chi connectivity index (χ4n) is 2.60. The van der Waals surface area contributed by atoms with Crippen molar-refractivity contribution in [2.45, 2.75) is 6.42 Å². The second kappa shape index (κ2) is 8.84. The predicted octanol–water partition coefficient (Wildman–Crippen LogP) is 2.25. The number of hydrogen-bond donors (Lipinski definition) is 0. The smallest absolute Gasteiger partial charge is 0.344 e. The molecule has 0 saturated heterocycles. The molecule has 0 saturated carbocycles. The third kappa shape index (κ3) is 4.84. The molecule has 1 amide bonds. The summed E-state index contributed by atoms with van der Waals surface area (Å²) in [4.78, 5) is 24.0. The summed E-state index contributed by atoms with van der Waals surface area (Å²) in [6, 6.07) is 16.6. The van der Waals surface area contributed by atoms with E-state index in [9.17, 15) is 9.59 Å². The van der Waals surface area contributed by atoms with Crippen molar-refractivity contribution in [3.63, 3.8) is 0 Å². The predicted molar refractivity (Wildman–Crippen MR) is 98.8 cm³/mol. The number of para-hydroxylation sites is 2. The highest BCUT2D eigenvalue weighted by atomic mass is 16.6. The minimum atomic E-state index is -0.638. The average Bonchev–Trinajstić information content (AvgIpc) is 3.21. The van der Waals surface area contributed by atoms with E-state index in [1.54, 1.807) is 24.3 Å². The molecule has 1 heterocycles. The molecule has 0 N–H and O–H groups in total. The van der Waals surface area contributed by atoms with Gasteiger partial charge in [-0.15, -0.1) is 0 Å². The zero-order valence-electron chi connectivity index (χ0n) is 15.0. The highest BCUT2D eigenvalue weighted by molar-refractivity contribution is 6.02. The van der Waals surface area contributed by atoms with Crippen molar-refractivity contribution in [2.75, 3.05) is 26.9 Å². The normalized spacial score (nSPS) is 13.1. The number of rotatable bonds is 7. The molecule has 0 spiro atoms. The topological polar surface area (TPSA) is 77.4 Å². The molecule has 0 bridgehead atoms. The Balaban J connectivity index is 1.46. The first-order valence-corrected chi connectivity index (χ1v) is 8.52. The summed E-state index contributed by atoms with van der Waals surface area (Å²) in [5.74, 6) is -0.0616. The van der Waals surface area contributed by atoms with Crippen LogP contribution in [0.3, 0.4) is 0 Å². The van der Waals surface area contributed by atoms with E-state index >= 15 is 0 Å². The van der Waals surface area contributed by atoms with Crippen LogP contribution in [0.2, 0.25) is 0 Å². The number of hydrazone groups is 1. The highest BCUT2D eigenvalue weighted by Crippen LogP contribution is 2.25. The molecule has 0 atom stereocenters. The van der Waals surface area contributed by atoms with Crippen molar-refractivity contribution in [3.8, 4) is 11.5 Å². The number of carbonyl (C=O) groups is 2. The van der Waals surface area contributed by atoms with Gasteiger partial charge in [0.1, 0.15) is 0 Å². The molecule has 2 aromatic carbocycles. The number of ether oxygens (including phenoxy) is 3. The molecule has 0 fully saturated rings. The van der Waals surface area contributed by atoms with Crippen LogP contribution in [0.25, 0.3) is 0 Å². The van der Waals surface area contributed by atoms with Crippen LogP contribution >= 0.6 is 0 Å². The zero-order chi connectivity index (χ0) is 19.1. The lowest BCUT2D eigenvalue weighted by Crippen LogP contribution is -2.29. The van der Waals surface area contributed by atoms with Gasteiger partial charge in [-0.05, 0) is 17.7 Å². The third-order valence-corrected chi connectivity index (χ3v) is 3.97. The molecule has 2 aromatic rings. The summed E-state index contributed by atoms with van der Waals surface area (Å²) in [7, 11) is 1.51. The summed E-state index contributed by atoms with van der Waals surface area (Å²) < 4.78 is 15.5. The van der Waals surface area contributed by atoms with Gasteiger partial charge in [0, 0.05) is 6.42 Å². The quantitative estimate of drug-likeness (QED) is 0.701. The van der Waals surface area contributed by atoms with Gasteiger partial charge in [0.2, 0.25) is 0 Å². The Hall–Kier alpha value is -3.35. The Labute approximate surface area is 157 Å². The van der Waals surface area contributed by atoms with Gasteiger partial charge < -0.3 is 14.2 Å². The lowest BCUT2D eigenvalue weighted by molar-refractivity contribution is -0.153. The van der Waals surface area contributed by atoms with Gasteiger partial charge in [0.25, 0.3) is 5.91 Å². The van der Waals surface area contributed by atoms with E-state index in [4.69, 9.17) is 14.2 Å². The van der Waals surface area contributed by atoms with Crippen LogP contribution in [0.15, 0.2) is 59.7 Å². The number of benzene rings is 2. The Morgan fingerprint density at radius 1 is 1.00 bits per heavy atom. The summed E-state index contributed by atoms with van der Waals surface area (Å²) in [6.07, 6.45) is 0.667. The Morgan fingerprint density at radius 2 is 1.70 bits per heavy atom. The van der Waals surface area contributed by atoms with Crippen molar-refractivity contribution in [3.05, 3.63) is 60.2 Å². The van der Waals surface area contributed by atoms with Crippen LogP contribution in [-0.4, -0.2) is 49.5 Å². The van der Waals surface area contributed by atoms with E-state index in [0.717, 1.165) is 11.3 Å². The van der Waals surface area contributed by atoms with E-state index in [2.05, 4.69) is 5.10 Å². The number of methoxy groups -OCH3 is 1. The molecule has 7 nitrogen and oxygen atoms in total. The molecule has 0 aliphatic carbocycles. The minimum Gasteiger partial charge on any atom is -0.493 e. The van der Waals surface area contributed by atoms with Gasteiger partial charge >= 0.3 is 5.97 Å². The van der Waals surface area contributed by atoms with Crippen LogP contribution in [0, 0.1) is 0 Å². The van der Waals surface area contributed by atoms with Gasteiger partial charge in [-0.3, -0.25) is 4.79 Å². The van der Waals surface area contributed by atoms with Crippen LogP contribution in [-0.2, 0) is 14.3 Å². The van der Waals surface area contributed by atoms with E-state index in [1.807, 2.05) is 30.3 Å². The SMILES string of the molecule is COc1ccccc1OCC(=O)OCC(=O)N1CCC(c2ccccc2)=N1. The summed E-state index contributed by atoms with van der Waals surface area (Å²) in [6.45, 7) is -0.218. The number of amides is 1. The Kier molecular flexibility index (Phi) is 6.04. The number of nitrogens with zero attached hydrogens (tertiary/aromatic N) is 2. The summed E-state index contributed by atoms with van der Waals surface area (Å²) in [5.41, 5.74) is 1.82. The molecule has 7 heteroatoms. The van der Waals surface area contributed by atoms with Crippen LogP contribution in [0.5, 0.6) is 11.5 Å². The Bertz CT molecular complexity index is 835. The van der Waals surface area contributed by atoms with E-state index in [0.29, 0.717) is 24.5 Å². The van der Waals surface area contributed by atoms with E-state index < -0.39 is 5.97 Å². The van der Waals surface area contributed by atoms with Gasteiger partial charge in [-0.1, -0.05) is 42.5 Å². The van der Waals surface area contributed by atoms with Gasteiger partial charge in [0.15, 0.2) is 24.7 Å². The van der Waals surface area contributed by atoms with Gasteiger partial charge in [-0.25, -0.2) is 9.80 Å². The molecule has 0 aromatic heterocycles. The van der Waals surface area contributed by atoms with Crippen molar-refractivity contribution in [2.24, 2.45) is 5.10 Å². The number of carbonyl (C=O) groups excluding carboxylic acids is 2. The first kappa shape index (κ1) is 18.4. The van der Waals surface area contributed by atoms with Crippen molar-refractivity contribution < 1.29 is 23.8 Å². The molecule has 27 heavy (non-hydrogen) atoms. The maximum absolute atomic E-state index is 12.2. The second-order valence-corrected chi connectivity index (χ2v) is 5.78. The van der Waals surface area contributed by atoms with Crippen molar-refractivity contribution >= 4 is 17.6 Å². The van der Waals surface area contributed by atoms with E-state index in [1.165, 1.54) is 12.1 Å². The Morgan fingerprint density at radius 3 is 2.44 bits per heavy atom. The molecule has 0 radical (unpaired) electrons. The first-order valence-electron chi connectivity index (χ1n) is 8.52. The van der Waals surface area contributed by atoms with Crippen LogP contribution < -0.4 is 9.47 Å². The van der Waals surface area contributed by atoms with Crippen molar-refractivity contribution in [1.29, 1.82) is 0 Å². The fraction of sp³-hybridized carbons (Fsp3) is 0.250. The second-order valence-electron chi connectivity index (χ2n) is 5.78. The lowest BCUT2D eigenvalue weighted by atomic mass is 10.1. The molecule has 1 aliphatic heterocycles. The molecule has 0 unspecified atom stereocenters. The molecule has 1 aliphatic rings. The highest BCUT2D eigenvalue weighted by Gasteiger charge is 2.22. The van der Waals surface area contributed by atoms with E-state index in [-0.39, 0.29) is 19.1 Å². The fourth-order valence-corrected chi connectivity index (χ4v) is 2.60. The average molecular weight is 368 g/mol. The number of hydrogen-bond acceptors (Lipinski definition) is 6. The van der Waals surface area contributed by atoms with Gasteiger partial charge in [0.05, 0.1) is 19.4 Å². The monoisotopic (exact) mass is 368 g/mol. The van der Waals surface area contributed by atoms with Crippen molar-refractivity contribution in [1.82, 2.24) is 5.01 Å². The first-order chi connectivity index (χ1) is 13.2. The van der Waals surface area contributed by atoms with Crippen LogP contribution in [0.4, 0.5) is 0 Å². The summed E-state index contributed by atoms with van der Waals surface area (Å²) >= 11 is 0.